The molecule has 7 nitrogen and oxygen atoms in total. The summed E-state index contributed by atoms with van der Waals surface area (Å²) in [6.07, 6.45) is 2.04. The number of esters is 1. The van der Waals surface area contributed by atoms with Gasteiger partial charge in [0.05, 0.1) is 23.4 Å². The summed E-state index contributed by atoms with van der Waals surface area (Å²) in [4.78, 5) is 30.7. The van der Waals surface area contributed by atoms with Crippen molar-refractivity contribution in [2.24, 2.45) is 11.7 Å². The number of hydrogen-bond acceptors (Lipinski definition) is 5. The number of aromatic nitrogens is 2. The second kappa shape index (κ2) is 7.47. The van der Waals surface area contributed by atoms with Gasteiger partial charge < -0.3 is 20.8 Å². The van der Waals surface area contributed by atoms with Crippen LogP contribution in [-0.4, -0.2) is 28.5 Å². The zero-order chi connectivity index (χ0) is 20.7. The number of hydrogen-bond donors (Lipinski definition) is 3. The van der Waals surface area contributed by atoms with Crippen LogP contribution in [0.5, 0.6) is 0 Å². The van der Waals surface area contributed by atoms with Crippen LogP contribution >= 0.6 is 15.9 Å². The molecule has 4 N–H and O–H groups in total. The fraction of sp³-hybridized carbons (Fsp3) is 0.250. The quantitative estimate of drug-likeness (QED) is 0.477. The Hall–Kier alpha value is -2.94. The third kappa shape index (κ3) is 3.95. The summed E-state index contributed by atoms with van der Waals surface area (Å²) in [5, 5.41) is 2.98. The van der Waals surface area contributed by atoms with E-state index in [0.29, 0.717) is 18.2 Å². The van der Waals surface area contributed by atoms with Crippen molar-refractivity contribution in [1.29, 1.82) is 0 Å². The molecular formula is C20H18BrFN4O3. The molecule has 29 heavy (non-hydrogen) atoms. The number of H-pyrrole nitrogens is 1. The number of anilines is 2. The minimum Gasteiger partial charge on any atom is -0.462 e. The maximum absolute atomic E-state index is 15.4. The van der Waals surface area contributed by atoms with Gasteiger partial charge in [-0.1, -0.05) is 15.9 Å². The van der Waals surface area contributed by atoms with E-state index in [1.54, 1.807) is 12.1 Å². The first-order valence-electron chi connectivity index (χ1n) is 9.06. The van der Waals surface area contributed by atoms with E-state index in [2.05, 4.69) is 31.2 Å². The average Bonchev–Trinajstić information content (AvgIpc) is 3.40. The molecule has 0 saturated heterocycles. The summed E-state index contributed by atoms with van der Waals surface area (Å²) in [6, 6.07) is 6.85. The molecule has 0 atom stereocenters. The lowest BCUT2D eigenvalue weighted by atomic mass is 10.1. The number of carbonyl (C=O) groups is 2. The van der Waals surface area contributed by atoms with Gasteiger partial charge in [-0.2, -0.15) is 0 Å². The van der Waals surface area contributed by atoms with Crippen molar-refractivity contribution >= 4 is 50.2 Å². The number of ether oxygens (including phenoxy) is 1. The Kier molecular flexibility index (Phi) is 4.99. The molecule has 0 aliphatic heterocycles. The van der Waals surface area contributed by atoms with E-state index in [9.17, 15) is 9.59 Å². The summed E-state index contributed by atoms with van der Waals surface area (Å²) in [7, 11) is 0. The van der Waals surface area contributed by atoms with Crippen molar-refractivity contribution in [1.82, 2.24) is 9.97 Å². The van der Waals surface area contributed by atoms with Crippen LogP contribution in [0.3, 0.4) is 0 Å². The fourth-order valence-electron chi connectivity index (χ4n) is 2.97. The summed E-state index contributed by atoms with van der Waals surface area (Å²) in [5.74, 6) is -2.06. The molecule has 9 heteroatoms. The molecule has 0 spiro atoms. The highest BCUT2D eigenvalue weighted by molar-refractivity contribution is 9.10. The summed E-state index contributed by atoms with van der Waals surface area (Å²) in [6.45, 7) is 2.15. The van der Waals surface area contributed by atoms with Crippen LogP contribution in [-0.2, 0) is 4.74 Å². The lowest BCUT2D eigenvalue weighted by Gasteiger charge is -2.15. The van der Waals surface area contributed by atoms with E-state index in [4.69, 9.17) is 10.5 Å². The van der Waals surface area contributed by atoms with Gasteiger partial charge in [0.2, 0.25) is 0 Å². The third-order valence-electron chi connectivity index (χ3n) is 4.77. The average molecular weight is 461 g/mol. The summed E-state index contributed by atoms with van der Waals surface area (Å²) >= 11 is 3.39. The second-order valence-electron chi connectivity index (χ2n) is 7.09. The van der Waals surface area contributed by atoms with Gasteiger partial charge in [-0.3, -0.25) is 4.79 Å². The van der Waals surface area contributed by atoms with E-state index in [1.165, 1.54) is 6.07 Å². The minimum absolute atomic E-state index is 0.0117. The fourth-order valence-corrected chi connectivity index (χ4v) is 3.44. The highest BCUT2D eigenvalue weighted by atomic mass is 79.9. The maximum atomic E-state index is 15.4. The number of primary amides is 1. The predicted octanol–water partition coefficient (Wildman–Crippen LogP) is 4.18. The Balaban J connectivity index is 1.81. The molecular weight excluding hydrogens is 443 g/mol. The van der Waals surface area contributed by atoms with Crippen molar-refractivity contribution in [3.63, 3.8) is 0 Å². The molecule has 0 radical (unpaired) electrons. The van der Waals surface area contributed by atoms with Crippen molar-refractivity contribution in [3.8, 4) is 0 Å². The van der Waals surface area contributed by atoms with E-state index < -0.39 is 17.7 Å². The van der Waals surface area contributed by atoms with Crippen LogP contribution in [0.4, 0.5) is 15.8 Å². The van der Waals surface area contributed by atoms with Gasteiger partial charge >= 0.3 is 5.97 Å². The van der Waals surface area contributed by atoms with Crippen LogP contribution < -0.4 is 11.1 Å². The number of halogens is 2. The van der Waals surface area contributed by atoms with Crippen LogP contribution in [0.15, 0.2) is 28.7 Å². The molecule has 1 fully saturated rings. The van der Waals surface area contributed by atoms with Gasteiger partial charge in [0.15, 0.2) is 11.6 Å². The predicted molar refractivity (Wildman–Crippen MR) is 110 cm³/mol. The van der Waals surface area contributed by atoms with Gasteiger partial charge in [0.1, 0.15) is 5.52 Å². The van der Waals surface area contributed by atoms with Gasteiger partial charge in [-0.05, 0) is 55.5 Å². The van der Waals surface area contributed by atoms with Crippen molar-refractivity contribution in [3.05, 3.63) is 51.5 Å². The van der Waals surface area contributed by atoms with Gasteiger partial charge in [0.25, 0.3) is 5.91 Å². The molecule has 0 unspecified atom stereocenters. The Morgan fingerprint density at radius 3 is 2.79 bits per heavy atom. The SMILES string of the molecule is Cc1cc(Br)ccc1Nc1c(C(=O)OCC2CC2)cc2[nH]c(C(N)=O)nc2c1F. The second-order valence-corrected chi connectivity index (χ2v) is 8.00. The Morgan fingerprint density at radius 2 is 2.14 bits per heavy atom. The van der Waals surface area contributed by atoms with E-state index in [-0.39, 0.29) is 28.1 Å². The number of nitrogens with one attached hydrogen (secondary N) is 2. The number of rotatable bonds is 6. The zero-order valence-corrected chi connectivity index (χ0v) is 17.1. The number of nitrogens with zero attached hydrogens (tertiary/aromatic N) is 1. The Bertz CT molecular complexity index is 1140. The monoisotopic (exact) mass is 460 g/mol. The van der Waals surface area contributed by atoms with E-state index in [0.717, 1.165) is 22.9 Å². The van der Waals surface area contributed by atoms with Crippen LogP contribution in [0.1, 0.15) is 39.4 Å². The van der Waals surface area contributed by atoms with E-state index in [1.807, 2.05) is 13.0 Å². The lowest BCUT2D eigenvalue weighted by molar-refractivity contribution is 0.0487. The standard InChI is InChI=1S/C20H18BrFN4O3/c1-9-6-11(21)4-5-13(9)24-16-12(20(28)29-8-10-2-3-10)7-14-17(15(16)22)26-19(25-14)18(23)27/h4-7,10,24H,2-3,8H2,1H3,(H2,23,27)(H,25,26). The molecule has 0 bridgehead atoms. The summed E-state index contributed by atoms with van der Waals surface area (Å²) < 4.78 is 21.6. The zero-order valence-electron chi connectivity index (χ0n) is 15.5. The Labute approximate surface area is 174 Å². The molecule has 1 aliphatic rings. The molecule has 150 valence electrons. The molecule has 1 aliphatic carbocycles. The first-order valence-corrected chi connectivity index (χ1v) is 9.85. The summed E-state index contributed by atoms with van der Waals surface area (Å²) in [5.41, 5.74) is 6.75. The number of imidazole rings is 1. The molecule has 2 aromatic carbocycles. The number of carbonyl (C=O) groups excluding carboxylic acids is 2. The topological polar surface area (TPSA) is 110 Å². The van der Waals surface area contributed by atoms with Gasteiger partial charge in [-0.25, -0.2) is 14.2 Å². The van der Waals surface area contributed by atoms with Crippen LogP contribution in [0.25, 0.3) is 11.0 Å². The van der Waals surface area contributed by atoms with E-state index >= 15 is 4.39 Å². The first kappa shape index (κ1) is 19.4. The van der Waals surface area contributed by atoms with Crippen LogP contribution in [0, 0.1) is 18.7 Å². The largest absolute Gasteiger partial charge is 0.462 e. The van der Waals surface area contributed by atoms with Crippen molar-refractivity contribution in [2.75, 3.05) is 11.9 Å². The number of amides is 1. The highest BCUT2D eigenvalue weighted by Gasteiger charge is 2.27. The molecule has 1 aromatic heterocycles. The molecule has 1 heterocycles. The third-order valence-corrected chi connectivity index (χ3v) is 5.26. The number of aryl methyl sites for hydroxylation is 1. The molecule has 3 aromatic rings. The number of fused-ring (bicyclic) bond motifs is 1. The number of benzene rings is 2. The molecule has 1 saturated carbocycles. The molecule has 1 amide bonds. The maximum Gasteiger partial charge on any atom is 0.340 e. The lowest BCUT2D eigenvalue weighted by Crippen LogP contribution is -2.12. The normalized spacial score (nSPS) is 13.5. The number of nitrogens with two attached hydrogens (primary N) is 1. The van der Waals surface area contributed by atoms with Gasteiger partial charge in [0, 0.05) is 10.2 Å². The number of aromatic amines is 1. The van der Waals surface area contributed by atoms with Crippen molar-refractivity contribution in [2.45, 2.75) is 19.8 Å². The minimum atomic E-state index is -0.822. The van der Waals surface area contributed by atoms with Crippen molar-refractivity contribution < 1.29 is 18.7 Å². The molecule has 4 rings (SSSR count). The Morgan fingerprint density at radius 1 is 1.38 bits per heavy atom. The van der Waals surface area contributed by atoms with Crippen LogP contribution in [0.2, 0.25) is 0 Å². The first-order chi connectivity index (χ1) is 13.8. The highest BCUT2D eigenvalue weighted by Crippen LogP contribution is 2.34. The smallest absolute Gasteiger partial charge is 0.340 e. The van der Waals surface area contributed by atoms with Gasteiger partial charge in [-0.15, -0.1) is 0 Å².